The van der Waals surface area contributed by atoms with Crippen LogP contribution in [0.1, 0.15) is 22.3 Å². The molecule has 0 bridgehead atoms. The second-order valence-electron chi connectivity index (χ2n) is 8.08. The van der Waals surface area contributed by atoms with Crippen LogP contribution in [0.15, 0.2) is 36.7 Å². The predicted octanol–water partition coefficient (Wildman–Crippen LogP) is 1.92. The number of carbonyl (C=O) groups is 2. The number of hydrogen-bond donors (Lipinski definition) is 1. The van der Waals surface area contributed by atoms with Crippen molar-refractivity contribution in [3.8, 4) is 0 Å². The van der Waals surface area contributed by atoms with E-state index in [2.05, 4.69) is 9.88 Å². The summed E-state index contributed by atoms with van der Waals surface area (Å²) < 4.78 is 13.6. The molecular weight excluding hydrogens is 385 g/mol. The van der Waals surface area contributed by atoms with Crippen molar-refractivity contribution in [3.63, 3.8) is 0 Å². The molecule has 0 spiro atoms. The van der Waals surface area contributed by atoms with Crippen molar-refractivity contribution in [1.82, 2.24) is 14.8 Å². The number of anilines is 2. The van der Waals surface area contributed by atoms with E-state index in [9.17, 15) is 14.0 Å². The van der Waals surface area contributed by atoms with Gasteiger partial charge in [-0.3, -0.25) is 14.6 Å². The number of pyridine rings is 1. The van der Waals surface area contributed by atoms with Crippen LogP contribution < -0.4 is 10.6 Å². The molecule has 1 atom stereocenters. The highest BCUT2D eigenvalue weighted by atomic mass is 19.1. The van der Waals surface area contributed by atoms with Crippen LogP contribution in [0.3, 0.4) is 0 Å². The first-order valence-corrected chi connectivity index (χ1v) is 10.1. The predicted molar refractivity (Wildman–Crippen MR) is 113 cm³/mol. The average Bonchev–Trinajstić information content (AvgIpc) is 3.21. The Bertz CT molecular complexity index is 962. The largest absolute Gasteiger partial charge is 0.398 e. The van der Waals surface area contributed by atoms with Crippen LogP contribution in [0, 0.1) is 18.7 Å². The zero-order valence-corrected chi connectivity index (χ0v) is 17.2. The maximum atomic E-state index is 13.6. The third-order valence-corrected chi connectivity index (χ3v) is 6.29. The number of likely N-dealkylation sites (N-methyl/N-ethyl adjacent to an activating group) is 1. The maximum absolute atomic E-state index is 13.6. The van der Waals surface area contributed by atoms with E-state index in [-0.39, 0.29) is 35.0 Å². The van der Waals surface area contributed by atoms with E-state index >= 15 is 0 Å². The monoisotopic (exact) mass is 411 g/mol. The number of likely N-dealkylation sites (tertiary alicyclic amines) is 1. The highest BCUT2D eigenvalue weighted by molar-refractivity contribution is 6.00. The molecule has 0 saturated carbocycles. The minimum Gasteiger partial charge on any atom is -0.398 e. The number of hydrogen-bond acceptors (Lipinski definition) is 5. The van der Waals surface area contributed by atoms with Gasteiger partial charge in [0.25, 0.3) is 5.91 Å². The Hall–Kier alpha value is -3.16. The molecule has 2 saturated heterocycles. The molecule has 8 heteroatoms. The quantitative estimate of drug-likeness (QED) is 0.778. The molecule has 1 aromatic carbocycles. The van der Waals surface area contributed by atoms with Crippen molar-refractivity contribution in [3.05, 3.63) is 53.6 Å². The lowest BCUT2D eigenvalue weighted by molar-refractivity contribution is -0.141. The van der Waals surface area contributed by atoms with Gasteiger partial charge in [-0.2, -0.15) is 0 Å². The molecule has 3 heterocycles. The number of nitrogens with zero attached hydrogens (tertiary/aromatic N) is 4. The van der Waals surface area contributed by atoms with Gasteiger partial charge in [-0.15, -0.1) is 0 Å². The van der Waals surface area contributed by atoms with Crippen LogP contribution in [0.4, 0.5) is 15.8 Å². The fraction of sp³-hybridized carbons (Fsp3) is 0.409. The smallest absolute Gasteiger partial charge is 0.256 e. The standard InChI is InChI=1S/C22H26FN5O2/c1-14-19(23)4-3-18(20(14)24)22(30)26(2)17-12-28(13-17)21(29)15-7-10-27(11-15)16-5-8-25-9-6-16/h3-6,8-9,15,17H,7,10-13,24H2,1-2H3. The molecule has 4 rings (SSSR count). The molecule has 2 N–H and O–H groups in total. The summed E-state index contributed by atoms with van der Waals surface area (Å²) in [6, 6.07) is 6.53. The van der Waals surface area contributed by atoms with Gasteiger partial charge in [0, 0.05) is 56.9 Å². The van der Waals surface area contributed by atoms with Crippen LogP contribution in [0.25, 0.3) is 0 Å². The molecule has 0 radical (unpaired) electrons. The SMILES string of the molecule is Cc1c(F)ccc(C(=O)N(C)C2CN(C(=O)C3CCN(c4ccncc4)C3)C2)c1N. The summed E-state index contributed by atoms with van der Waals surface area (Å²) in [7, 11) is 1.70. The summed E-state index contributed by atoms with van der Waals surface area (Å²) >= 11 is 0. The molecular formula is C22H26FN5O2. The Morgan fingerprint density at radius 3 is 2.57 bits per heavy atom. The Morgan fingerprint density at radius 2 is 1.87 bits per heavy atom. The minimum atomic E-state index is -0.426. The van der Waals surface area contributed by atoms with E-state index in [0.717, 1.165) is 18.7 Å². The van der Waals surface area contributed by atoms with Crippen LogP contribution in [0.2, 0.25) is 0 Å². The molecule has 2 aliphatic rings. The molecule has 2 fully saturated rings. The Morgan fingerprint density at radius 1 is 1.17 bits per heavy atom. The minimum absolute atomic E-state index is 0.0319. The summed E-state index contributed by atoms with van der Waals surface area (Å²) in [5.41, 5.74) is 7.76. The zero-order valence-electron chi connectivity index (χ0n) is 17.2. The van der Waals surface area contributed by atoms with E-state index in [1.165, 1.54) is 12.1 Å². The lowest BCUT2D eigenvalue weighted by Crippen LogP contribution is -2.62. The summed E-state index contributed by atoms with van der Waals surface area (Å²) in [4.78, 5) is 35.3. The first-order valence-electron chi connectivity index (χ1n) is 10.1. The Labute approximate surface area is 175 Å². The third-order valence-electron chi connectivity index (χ3n) is 6.29. The normalized spacial score (nSPS) is 19.0. The van der Waals surface area contributed by atoms with Gasteiger partial charge in [-0.1, -0.05) is 0 Å². The van der Waals surface area contributed by atoms with Crippen molar-refractivity contribution in [2.75, 3.05) is 43.9 Å². The summed E-state index contributed by atoms with van der Waals surface area (Å²) in [5, 5.41) is 0. The number of amides is 2. The van der Waals surface area contributed by atoms with Crippen LogP contribution in [0.5, 0.6) is 0 Å². The number of aromatic nitrogens is 1. The van der Waals surface area contributed by atoms with Gasteiger partial charge in [0.05, 0.1) is 23.2 Å². The van der Waals surface area contributed by atoms with Gasteiger partial charge < -0.3 is 20.4 Å². The lowest BCUT2D eigenvalue weighted by atomic mass is 10.00. The van der Waals surface area contributed by atoms with E-state index in [1.807, 2.05) is 17.0 Å². The van der Waals surface area contributed by atoms with Crippen LogP contribution >= 0.6 is 0 Å². The van der Waals surface area contributed by atoms with Crippen molar-refractivity contribution < 1.29 is 14.0 Å². The zero-order chi connectivity index (χ0) is 21.4. The van der Waals surface area contributed by atoms with E-state index in [4.69, 9.17) is 5.73 Å². The second kappa shape index (κ2) is 7.93. The van der Waals surface area contributed by atoms with Gasteiger partial charge >= 0.3 is 0 Å². The molecule has 1 aromatic heterocycles. The number of nitrogens with two attached hydrogens (primary N) is 1. The van der Waals surface area contributed by atoms with Gasteiger partial charge in [0.2, 0.25) is 5.91 Å². The molecule has 0 aliphatic carbocycles. The van der Waals surface area contributed by atoms with Gasteiger partial charge in [-0.05, 0) is 37.6 Å². The first kappa shape index (κ1) is 20.1. The fourth-order valence-corrected chi connectivity index (χ4v) is 4.13. The van der Waals surface area contributed by atoms with Gasteiger partial charge in [0.1, 0.15) is 5.82 Å². The second-order valence-corrected chi connectivity index (χ2v) is 8.08. The lowest BCUT2D eigenvalue weighted by Gasteiger charge is -2.45. The number of halogens is 1. The highest BCUT2D eigenvalue weighted by Gasteiger charge is 2.40. The van der Waals surface area contributed by atoms with Crippen molar-refractivity contribution >= 4 is 23.2 Å². The van der Waals surface area contributed by atoms with Crippen LogP contribution in [-0.4, -0.2) is 65.9 Å². The van der Waals surface area contributed by atoms with Crippen LogP contribution in [-0.2, 0) is 4.79 Å². The molecule has 2 amide bonds. The van der Waals surface area contributed by atoms with Crippen molar-refractivity contribution in [1.29, 1.82) is 0 Å². The summed E-state index contributed by atoms with van der Waals surface area (Å²) in [6.07, 6.45) is 4.34. The van der Waals surface area contributed by atoms with E-state index < -0.39 is 5.82 Å². The topological polar surface area (TPSA) is 82.8 Å². The average molecular weight is 411 g/mol. The number of benzene rings is 1. The Balaban J connectivity index is 1.33. The van der Waals surface area contributed by atoms with E-state index in [0.29, 0.717) is 25.2 Å². The summed E-state index contributed by atoms with van der Waals surface area (Å²) in [5.74, 6) is -0.571. The van der Waals surface area contributed by atoms with E-state index in [1.54, 1.807) is 31.3 Å². The molecule has 30 heavy (non-hydrogen) atoms. The number of rotatable bonds is 4. The molecule has 1 unspecified atom stereocenters. The number of carbonyl (C=O) groups excluding carboxylic acids is 2. The van der Waals surface area contributed by atoms with Gasteiger partial charge in [0.15, 0.2) is 0 Å². The summed E-state index contributed by atoms with van der Waals surface area (Å²) in [6.45, 7) is 4.12. The molecule has 2 aromatic rings. The van der Waals surface area contributed by atoms with Crippen molar-refractivity contribution in [2.45, 2.75) is 19.4 Å². The third kappa shape index (κ3) is 3.58. The molecule has 7 nitrogen and oxygen atoms in total. The van der Waals surface area contributed by atoms with Gasteiger partial charge in [-0.25, -0.2) is 4.39 Å². The fourth-order valence-electron chi connectivity index (χ4n) is 4.13. The first-order chi connectivity index (χ1) is 14.4. The van der Waals surface area contributed by atoms with Crippen molar-refractivity contribution in [2.24, 2.45) is 5.92 Å². The Kier molecular flexibility index (Phi) is 5.32. The number of nitrogen functional groups attached to an aromatic ring is 1. The highest BCUT2D eigenvalue weighted by Crippen LogP contribution is 2.28. The maximum Gasteiger partial charge on any atom is 0.256 e. The molecule has 158 valence electrons. The molecule has 2 aliphatic heterocycles.